The van der Waals surface area contributed by atoms with Crippen LogP contribution < -0.4 is 10.2 Å². The Hall–Kier alpha value is -5.08. The van der Waals surface area contributed by atoms with Gasteiger partial charge in [-0.25, -0.2) is 9.69 Å². The van der Waals surface area contributed by atoms with Gasteiger partial charge in [-0.3, -0.25) is 19.2 Å². The Morgan fingerprint density at radius 1 is 0.805 bits per heavy atom. The summed E-state index contributed by atoms with van der Waals surface area (Å²) in [7, 11) is 0. The molecule has 0 fully saturated rings. The Morgan fingerprint density at radius 3 is 2.29 bits per heavy atom. The molecule has 41 heavy (non-hydrogen) atoms. The minimum atomic E-state index is -0.856. The highest BCUT2D eigenvalue weighted by Crippen LogP contribution is 2.32. The molecule has 0 radical (unpaired) electrons. The van der Waals surface area contributed by atoms with Gasteiger partial charge in [0.15, 0.2) is 12.4 Å². The molecule has 0 saturated heterocycles. The van der Waals surface area contributed by atoms with E-state index in [-0.39, 0.29) is 33.7 Å². The number of amides is 3. The first-order valence-electron chi connectivity index (χ1n) is 12.6. The van der Waals surface area contributed by atoms with Gasteiger partial charge < -0.3 is 10.1 Å². The maximum Gasteiger partial charge on any atom is 0.338 e. The number of nitrogens with zero attached hydrogens (tertiary/aromatic N) is 1. The number of benzene rings is 4. The van der Waals surface area contributed by atoms with Crippen molar-refractivity contribution >= 4 is 52.4 Å². The molecule has 0 spiro atoms. The highest BCUT2D eigenvalue weighted by molar-refractivity contribution is 6.35. The molecule has 0 unspecified atom stereocenters. The number of hydrogen-bond acceptors (Lipinski definition) is 6. The molecule has 0 atom stereocenters. The Labute approximate surface area is 240 Å². The lowest BCUT2D eigenvalue weighted by Gasteiger charge is -2.17. The topological polar surface area (TPSA) is 110 Å². The van der Waals surface area contributed by atoms with E-state index in [0.29, 0.717) is 16.3 Å². The average Bonchev–Trinajstić information content (AvgIpc) is 3.23. The Morgan fingerprint density at radius 2 is 1.54 bits per heavy atom. The molecule has 4 aromatic carbocycles. The quantitative estimate of drug-likeness (QED) is 0.172. The fourth-order valence-electron chi connectivity index (χ4n) is 4.52. The van der Waals surface area contributed by atoms with Crippen molar-refractivity contribution in [1.29, 1.82) is 0 Å². The molecule has 1 aliphatic rings. The molecule has 5 rings (SSSR count). The predicted molar refractivity (Wildman–Crippen MR) is 154 cm³/mol. The summed E-state index contributed by atoms with van der Waals surface area (Å²) in [6.07, 6.45) is 0. The van der Waals surface area contributed by atoms with Gasteiger partial charge in [-0.2, -0.15) is 0 Å². The lowest BCUT2D eigenvalue weighted by molar-refractivity contribution is -0.119. The summed E-state index contributed by atoms with van der Waals surface area (Å²) in [6, 6.07) is 22.4. The summed E-state index contributed by atoms with van der Waals surface area (Å²) >= 11 is 6.09. The van der Waals surface area contributed by atoms with Crippen LogP contribution in [0.3, 0.4) is 0 Å². The number of carbonyl (C=O) groups is 5. The minimum Gasteiger partial charge on any atom is -0.452 e. The van der Waals surface area contributed by atoms with E-state index in [0.717, 1.165) is 16.0 Å². The highest BCUT2D eigenvalue weighted by Gasteiger charge is 2.38. The van der Waals surface area contributed by atoms with Gasteiger partial charge in [-0.1, -0.05) is 54.1 Å². The van der Waals surface area contributed by atoms with Crippen LogP contribution in [0.1, 0.15) is 58.1 Å². The van der Waals surface area contributed by atoms with Gasteiger partial charge in [0.05, 0.1) is 28.1 Å². The Balaban J connectivity index is 1.28. The van der Waals surface area contributed by atoms with Crippen LogP contribution in [0.25, 0.3) is 0 Å². The number of ketones is 1. The van der Waals surface area contributed by atoms with Crippen LogP contribution in [0, 0.1) is 13.8 Å². The number of halogens is 1. The van der Waals surface area contributed by atoms with Gasteiger partial charge in [0.25, 0.3) is 17.7 Å². The number of fused-ring (bicyclic) bond motifs is 1. The van der Waals surface area contributed by atoms with Gasteiger partial charge in [0, 0.05) is 16.1 Å². The second-order valence-electron chi connectivity index (χ2n) is 9.43. The molecule has 204 valence electrons. The molecule has 1 aliphatic heterocycles. The van der Waals surface area contributed by atoms with Gasteiger partial charge in [0.2, 0.25) is 0 Å². The number of imide groups is 1. The first-order chi connectivity index (χ1) is 19.7. The number of hydrogen-bond donors (Lipinski definition) is 1. The molecule has 1 N–H and O–H groups in total. The van der Waals surface area contributed by atoms with Crippen molar-refractivity contribution in [3.8, 4) is 0 Å². The SMILES string of the molecule is Cc1cccc(N2C(=O)c3ccc(C(=O)OCC(=O)Nc4ccc(Cl)cc4C(=O)c4ccccc4)cc3C2=O)c1C. The third-order valence-corrected chi connectivity index (χ3v) is 7.04. The molecule has 0 bridgehead atoms. The fourth-order valence-corrected chi connectivity index (χ4v) is 4.70. The molecular formula is C32H23ClN2O6. The molecule has 1 heterocycles. The number of rotatable bonds is 7. The molecule has 4 aromatic rings. The first-order valence-corrected chi connectivity index (χ1v) is 13.0. The van der Waals surface area contributed by atoms with E-state index >= 15 is 0 Å². The lowest BCUT2D eigenvalue weighted by atomic mass is 10.0. The molecule has 3 amide bonds. The lowest BCUT2D eigenvalue weighted by Crippen LogP contribution is -2.30. The predicted octanol–water partition coefficient (Wildman–Crippen LogP) is 5.78. The molecule has 0 aromatic heterocycles. The number of ether oxygens (including phenoxy) is 1. The van der Waals surface area contributed by atoms with E-state index in [1.807, 2.05) is 19.9 Å². The molecule has 0 saturated carbocycles. The van der Waals surface area contributed by atoms with Crippen LogP contribution in [0.5, 0.6) is 0 Å². The summed E-state index contributed by atoms with van der Waals surface area (Å²) in [4.78, 5) is 65.7. The number of aryl methyl sites for hydroxylation is 1. The third-order valence-electron chi connectivity index (χ3n) is 6.81. The number of nitrogens with one attached hydrogen (secondary N) is 1. The maximum atomic E-state index is 13.2. The molecule has 8 nitrogen and oxygen atoms in total. The van der Waals surface area contributed by atoms with Gasteiger partial charge in [-0.15, -0.1) is 0 Å². The Bertz CT molecular complexity index is 1750. The van der Waals surface area contributed by atoms with Gasteiger partial charge in [-0.05, 0) is 67.4 Å². The summed E-state index contributed by atoms with van der Waals surface area (Å²) in [5.41, 5.74) is 3.24. The number of anilines is 2. The zero-order valence-electron chi connectivity index (χ0n) is 22.1. The Kier molecular flexibility index (Phi) is 7.50. The first kappa shape index (κ1) is 27.5. The zero-order chi connectivity index (χ0) is 29.3. The molecule has 0 aliphatic carbocycles. The van der Waals surface area contributed by atoms with E-state index in [1.165, 1.54) is 36.4 Å². The van der Waals surface area contributed by atoms with E-state index in [1.54, 1.807) is 42.5 Å². The summed E-state index contributed by atoms with van der Waals surface area (Å²) in [6.45, 7) is 3.06. The van der Waals surface area contributed by atoms with Crippen molar-refractivity contribution in [3.05, 3.63) is 129 Å². The summed E-state index contributed by atoms with van der Waals surface area (Å²) in [5, 5.41) is 2.90. The van der Waals surface area contributed by atoms with Crippen LogP contribution >= 0.6 is 11.6 Å². The highest BCUT2D eigenvalue weighted by atomic mass is 35.5. The van der Waals surface area contributed by atoms with Crippen molar-refractivity contribution in [3.63, 3.8) is 0 Å². The van der Waals surface area contributed by atoms with Crippen molar-refractivity contribution < 1.29 is 28.7 Å². The third kappa shape index (κ3) is 5.37. The zero-order valence-corrected chi connectivity index (χ0v) is 22.8. The van der Waals surface area contributed by atoms with Crippen molar-refractivity contribution in [2.24, 2.45) is 0 Å². The van der Waals surface area contributed by atoms with Crippen LogP contribution in [-0.4, -0.2) is 36.1 Å². The summed E-state index contributed by atoms with van der Waals surface area (Å²) < 4.78 is 5.17. The molecule has 9 heteroatoms. The van der Waals surface area contributed by atoms with E-state index < -0.39 is 30.3 Å². The van der Waals surface area contributed by atoms with Gasteiger partial charge in [0.1, 0.15) is 0 Å². The number of esters is 1. The van der Waals surface area contributed by atoms with Crippen LogP contribution in [0.4, 0.5) is 11.4 Å². The largest absolute Gasteiger partial charge is 0.452 e. The fraction of sp³-hybridized carbons (Fsp3) is 0.0938. The second kappa shape index (κ2) is 11.2. The van der Waals surface area contributed by atoms with E-state index in [9.17, 15) is 24.0 Å². The van der Waals surface area contributed by atoms with Crippen molar-refractivity contribution in [2.45, 2.75) is 13.8 Å². The van der Waals surface area contributed by atoms with Crippen molar-refractivity contribution in [2.75, 3.05) is 16.8 Å². The maximum absolute atomic E-state index is 13.2. The summed E-state index contributed by atoms with van der Waals surface area (Å²) in [5.74, 6) is -2.92. The van der Waals surface area contributed by atoms with Crippen LogP contribution in [0.15, 0.2) is 84.9 Å². The standard InChI is InChI=1S/C32H23ClN2O6/c1-18-7-6-10-27(19(18)2)35-30(38)23-13-11-21(15-24(23)31(35)39)32(40)41-17-28(36)34-26-14-12-22(33)16-25(26)29(37)20-8-4-3-5-9-20/h3-16H,17H2,1-2H3,(H,34,36). The van der Waals surface area contributed by atoms with E-state index in [4.69, 9.17) is 16.3 Å². The molecular weight excluding hydrogens is 544 g/mol. The van der Waals surface area contributed by atoms with Crippen LogP contribution in [-0.2, 0) is 9.53 Å². The van der Waals surface area contributed by atoms with Crippen LogP contribution in [0.2, 0.25) is 5.02 Å². The minimum absolute atomic E-state index is 0.00644. The van der Waals surface area contributed by atoms with Crippen molar-refractivity contribution in [1.82, 2.24) is 0 Å². The van der Waals surface area contributed by atoms with E-state index in [2.05, 4.69) is 5.32 Å². The average molecular weight is 567 g/mol. The number of carbonyl (C=O) groups excluding carboxylic acids is 5. The monoisotopic (exact) mass is 566 g/mol. The normalized spacial score (nSPS) is 12.2. The smallest absolute Gasteiger partial charge is 0.338 e. The second-order valence-corrected chi connectivity index (χ2v) is 9.87. The van der Waals surface area contributed by atoms with Gasteiger partial charge >= 0.3 is 5.97 Å².